The number of hydrogen-bond acceptors (Lipinski definition) is 4. The predicted molar refractivity (Wildman–Crippen MR) is 93.3 cm³/mol. The Morgan fingerprint density at radius 1 is 1.26 bits per heavy atom. The molecule has 3 rings (SSSR count). The van der Waals surface area contributed by atoms with E-state index in [1.165, 1.54) is 12.1 Å². The third-order valence-electron chi connectivity index (χ3n) is 2.99. The molecule has 0 saturated heterocycles. The van der Waals surface area contributed by atoms with Crippen molar-refractivity contribution in [1.82, 2.24) is 9.97 Å². The third-order valence-corrected chi connectivity index (χ3v) is 3.70. The Morgan fingerprint density at radius 2 is 2.00 bits per heavy atom. The van der Waals surface area contributed by atoms with E-state index in [1.54, 1.807) is 6.20 Å². The van der Waals surface area contributed by atoms with Crippen molar-refractivity contribution in [3.8, 4) is 11.5 Å². The highest BCUT2D eigenvalue weighted by atomic mass is 79.9. The van der Waals surface area contributed by atoms with E-state index >= 15 is 0 Å². The first kappa shape index (κ1) is 16.2. The van der Waals surface area contributed by atoms with Gasteiger partial charge in [-0.3, -0.25) is 0 Å². The van der Waals surface area contributed by atoms with Crippen LogP contribution in [0.5, 0.6) is 0 Å². The van der Waals surface area contributed by atoms with Crippen molar-refractivity contribution in [2.24, 2.45) is 0 Å². The van der Waals surface area contributed by atoms with Crippen LogP contribution in [-0.4, -0.2) is 15.5 Å². The van der Waals surface area contributed by atoms with E-state index in [1.807, 2.05) is 26.8 Å². The Labute approximate surface area is 146 Å². The van der Waals surface area contributed by atoms with Gasteiger partial charge in [-0.25, -0.2) is 14.4 Å². The zero-order valence-corrected chi connectivity index (χ0v) is 15.1. The SMILES string of the molecule is CC(C)(C)Nc1ncc(Br)cc1-c1nc2cc(F)cc(Cl)c2o1. The summed E-state index contributed by atoms with van der Waals surface area (Å²) >= 11 is 9.42. The van der Waals surface area contributed by atoms with Gasteiger partial charge in [-0.15, -0.1) is 0 Å². The van der Waals surface area contributed by atoms with E-state index < -0.39 is 5.82 Å². The number of pyridine rings is 1. The van der Waals surface area contributed by atoms with Gasteiger partial charge in [0, 0.05) is 22.3 Å². The van der Waals surface area contributed by atoms with Crippen LogP contribution in [0.1, 0.15) is 20.8 Å². The van der Waals surface area contributed by atoms with Crippen LogP contribution in [0.2, 0.25) is 5.02 Å². The lowest BCUT2D eigenvalue weighted by Crippen LogP contribution is -2.27. The Hall–Kier alpha value is -1.66. The quantitative estimate of drug-likeness (QED) is 0.605. The lowest BCUT2D eigenvalue weighted by Gasteiger charge is -2.22. The molecule has 120 valence electrons. The number of benzene rings is 1. The van der Waals surface area contributed by atoms with Crippen LogP contribution in [-0.2, 0) is 0 Å². The second-order valence-corrected chi connectivity index (χ2v) is 7.50. The summed E-state index contributed by atoms with van der Waals surface area (Å²) in [5.74, 6) is 0.500. The summed E-state index contributed by atoms with van der Waals surface area (Å²) in [6.45, 7) is 6.08. The molecule has 0 aliphatic carbocycles. The molecule has 0 amide bonds. The van der Waals surface area contributed by atoms with Gasteiger partial charge in [0.15, 0.2) is 5.58 Å². The number of aromatic nitrogens is 2. The summed E-state index contributed by atoms with van der Waals surface area (Å²) in [7, 11) is 0. The first-order valence-electron chi connectivity index (χ1n) is 6.92. The molecule has 0 bridgehead atoms. The average molecular weight is 399 g/mol. The Balaban J connectivity index is 2.18. The summed E-state index contributed by atoms with van der Waals surface area (Å²) in [4.78, 5) is 8.73. The van der Waals surface area contributed by atoms with E-state index in [0.29, 0.717) is 28.4 Å². The van der Waals surface area contributed by atoms with E-state index in [0.717, 1.165) is 4.47 Å². The molecular formula is C16H14BrClFN3O. The van der Waals surface area contributed by atoms with Crippen molar-refractivity contribution >= 4 is 44.4 Å². The van der Waals surface area contributed by atoms with Gasteiger partial charge in [0.05, 0.1) is 10.6 Å². The van der Waals surface area contributed by atoms with Crippen molar-refractivity contribution in [1.29, 1.82) is 0 Å². The predicted octanol–water partition coefficient (Wildman–Crippen LogP) is 5.66. The van der Waals surface area contributed by atoms with Crippen LogP contribution in [0, 0.1) is 5.82 Å². The molecule has 0 aliphatic heterocycles. The van der Waals surface area contributed by atoms with E-state index in [4.69, 9.17) is 16.0 Å². The fourth-order valence-corrected chi connectivity index (χ4v) is 2.70. The minimum atomic E-state index is -0.456. The fourth-order valence-electron chi connectivity index (χ4n) is 2.13. The summed E-state index contributed by atoms with van der Waals surface area (Å²) in [5, 5.41) is 3.49. The molecule has 7 heteroatoms. The lowest BCUT2D eigenvalue weighted by molar-refractivity contribution is 0.610. The third kappa shape index (κ3) is 3.48. The lowest BCUT2D eigenvalue weighted by atomic mass is 10.1. The zero-order valence-electron chi connectivity index (χ0n) is 12.7. The summed E-state index contributed by atoms with van der Waals surface area (Å²) < 4.78 is 20.0. The van der Waals surface area contributed by atoms with Crippen molar-refractivity contribution in [2.45, 2.75) is 26.3 Å². The van der Waals surface area contributed by atoms with Gasteiger partial charge in [0.1, 0.15) is 17.2 Å². The molecule has 1 N–H and O–H groups in total. The van der Waals surface area contributed by atoms with Crippen LogP contribution in [0.3, 0.4) is 0 Å². The van der Waals surface area contributed by atoms with Crippen LogP contribution in [0.4, 0.5) is 10.2 Å². The van der Waals surface area contributed by atoms with Gasteiger partial charge in [-0.1, -0.05) is 11.6 Å². The highest BCUT2D eigenvalue weighted by Crippen LogP contribution is 2.34. The van der Waals surface area contributed by atoms with Crippen molar-refractivity contribution in [2.75, 3.05) is 5.32 Å². The van der Waals surface area contributed by atoms with Crippen molar-refractivity contribution in [3.05, 3.63) is 39.7 Å². The molecular weight excluding hydrogens is 385 g/mol. The molecule has 0 radical (unpaired) electrons. The number of fused-ring (bicyclic) bond motifs is 1. The number of nitrogens with one attached hydrogen (secondary N) is 1. The van der Waals surface area contributed by atoms with Gasteiger partial charge >= 0.3 is 0 Å². The van der Waals surface area contributed by atoms with Gasteiger partial charge in [0.25, 0.3) is 0 Å². The normalized spacial score (nSPS) is 11.9. The highest BCUT2D eigenvalue weighted by molar-refractivity contribution is 9.10. The molecule has 0 aliphatic rings. The maximum atomic E-state index is 13.5. The first-order valence-corrected chi connectivity index (χ1v) is 8.10. The standard InChI is InChI=1S/C16H14BrClFN3O/c1-16(2,3)22-14-10(4-8(17)7-20-14)15-21-12-6-9(19)5-11(18)13(12)23-15/h4-7H,1-3H3,(H,20,22). The summed E-state index contributed by atoms with van der Waals surface area (Å²) in [6, 6.07) is 4.33. The molecule has 0 fully saturated rings. The van der Waals surface area contributed by atoms with Gasteiger partial charge in [-0.2, -0.15) is 0 Å². The Bertz CT molecular complexity index is 889. The van der Waals surface area contributed by atoms with E-state index in [2.05, 4.69) is 31.2 Å². The molecule has 4 nitrogen and oxygen atoms in total. The second-order valence-electron chi connectivity index (χ2n) is 6.18. The van der Waals surface area contributed by atoms with Crippen molar-refractivity contribution in [3.63, 3.8) is 0 Å². The highest BCUT2D eigenvalue weighted by Gasteiger charge is 2.19. The molecule has 0 saturated carbocycles. The molecule has 2 aromatic heterocycles. The molecule has 0 atom stereocenters. The molecule has 23 heavy (non-hydrogen) atoms. The number of oxazole rings is 1. The molecule has 0 unspecified atom stereocenters. The van der Waals surface area contributed by atoms with Gasteiger partial charge < -0.3 is 9.73 Å². The molecule has 2 heterocycles. The van der Waals surface area contributed by atoms with Crippen LogP contribution in [0.25, 0.3) is 22.6 Å². The van der Waals surface area contributed by atoms with E-state index in [9.17, 15) is 4.39 Å². The number of rotatable bonds is 2. The first-order chi connectivity index (χ1) is 10.7. The second kappa shape index (κ2) is 5.76. The minimum Gasteiger partial charge on any atom is -0.434 e. The zero-order chi connectivity index (χ0) is 16.8. The van der Waals surface area contributed by atoms with Crippen LogP contribution < -0.4 is 5.32 Å². The van der Waals surface area contributed by atoms with E-state index in [-0.39, 0.29) is 10.6 Å². The van der Waals surface area contributed by atoms with Crippen LogP contribution in [0.15, 0.2) is 33.3 Å². The Kier molecular flexibility index (Phi) is 4.06. The van der Waals surface area contributed by atoms with Gasteiger partial charge in [-0.05, 0) is 48.8 Å². The summed E-state index contributed by atoms with van der Waals surface area (Å²) in [6.07, 6.45) is 1.69. The largest absolute Gasteiger partial charge is 0.434 e. The number of halogens is 3. The van der Waals surface area contributed by atoms with Crippen LogP contribution >= 0.6 is 27.5 Å². The maximum Gasteiger partial charge on any atom is 0.231 e. The van der Waals surface area contributed by atoms with Gasteiger partial charge in [0.2, 0.25) is 5.89 Å². The van der Waals surface area contributed by atoms with Crippen molar-refractivity contribution < 1.29 is 8.81 Å². The molecule has 1 aromatic carbocycles. The molecule has 0 spiro atoms. The topological polar surface area (TPSA) is 51.0 Å². The molecule has 3 aromatic rings. The maximum absolute atomic E-state index is 13.5. The minimum absolute atomic E-state index is 0.187. The fraction of sp³-hybridized carbons (Fsp3) is 0.250. The number of hydrogen-bond donors (Lipinski definition) is 1. The smallest absolute Gasteiger partial charge is 0.231 e. The number of anilines is 1. The average Bonchev–Trinajstić information content (AvgIpc) is 2.83. The monoisotopic (exact) mass is 397 g/mol. The number of nitrogens with zero attached hydrogens (tertiary/aromatic N) is 2. The Morgan fingerprint density at radius 3 is 2.70 bits per heavy atom. The summed E-state index contributed by atoms with van der Waals surface area (Å²) in [5.41, 5.74) is 1.20.